The number of nitrogens with zero attached hydrogens (tertiary/aromatic N) is 1. The maximum atomic E-state index is 13.0. The standard InChI is InChI=1S/C19H28FN3O/c20-16-7-9-18(10-8-16)23-12-11-15(14-23)13-21-19(24)22-17-5-3-1-2-4-6-17/h7-10,15,17H,1-6,11-14H2,(H2,21,22,24)/t15-/m0/s1. The van der Waals surface area contributed by atoms with Crippen molar-refractivity contribution in [1.82, 2.24) is 10.6 Å². The molecule has 0 spiro atoms. The maximum Gasteiger partial charge on any atom is 0.315 e. The van der Waals surface area contributed by atoms with E-state index in [-0.39, 0.29) is 11.8 Å². The van der Waals surface area contributed by atoms with Crippen LogP contribution in [-0.2, 0) is 0 Å². The minimum absolute atomic E-state index is 0.0258. The van der Waals surface area contributed by atoms with Gasteiger partial charge in [-0.2, -0.15) is 0 Å². The summed E-state index contributed by atoms with van der Waals surface area (Å²) < 4.78 is 13.0. The molecule has 0 unspecified atom stereocenters. The van der Waals surface area contributed by atoms with Crippen LogP contribution in [-0.4, -0.2) is 31.7 Å². The highest BCUT2D eigenvalue weighted by molar-refractivity contribution is 5.74. The zero-order valence-corrected chi connectivity index (χ0v) is 14.3. The fourth-order valence-corrected chi connectivity index (χ4v) is 3.78. The van der Waals surface area contributed by atoms with Crippen molar-refractivity contribution in [2.45, 2.75) is 51.0 Å². The predicted octanol–water partition coefficient (Wildman–Crippen LogP) is 3.67. The van der Waals surface area contributed by atoms with E-state index in [0.717, 1.165) is 38.0 Å². The summed E-state index contributed by atoms with van der Waals surface area (Å²) in [5.41, 5.74) is 1.06. The van der Waals surface area contributed by atoms with Gasteiger partial charge in [-0.25, -0.2) is 9.18 Å². The summed E-state index contributed by atoms with van der Waals surface area (Å²) in [6.07, 6.45) is 8.30. The highest BCUT2D eigenvalue weighted by Gasteiger charge is 2.23. The quantitative estimate of drug-likeness (QED) is 0.826. The van der Waals surface area contributed by atoms with Crippen LogP contribution in [0.2, 0.25) is 0 Å². The van der Waals surface area contributed by atoms with Crippen molar-refractivity contribution in [3.8, 4) is 0 Å². The first kappa shape index (κ1) is 17.1. The molecule has 4 nitrogen and oxygen atoms in total. The molecule has 1 aliphatic carbocycles. The molecule has 24 heavy (non-hydrogen) atoms. The minimum Gasteiger partial charge on any atom is -0.371 e. The van der Waals surface area contributed by atoms with Crippen molar-refractivity contribution in [2.24, 2.45) is 5.92 Å². The van der Waals surface area contributed by atoms with E-state index in [1.165, 1.54) is 37.8 Å². The van der Waals surface area contributed by atoms with E-state index >= 15 is 0 Å². The number of carbonyl (C=O) groups is 1. The van der Waals surface area contributed by atoms with Crippen LogP contribution in [0.3, 0.4) is 0 Å². The molecule has 1 atom stereocenters. The second-order valence-electron chi connectivity index (χ2n) is 7.12. The number of rotatable bonds is 4. The Morgan fingerprint density at radius 1 is 1.08 bits per heavy atom. The zero-order valence-electron chi connectivity index (χ0n) is 14.3. The Morgan fingerprint density at radius 3 is 2.50 bits per heavy atom. The lowest BCUT2D eigenvalue weighted by Crippen LogP contribution is -2.43. The molecule has 1 aromatic carbocycles. The van der Waals surface area contributed by atoms with Crippen LogP contribution in [0.1, 0.15) is 44.9 Å². The monoisotopic (exact) mass is 333 g/mol. The Labute approximate surface area is 143 Å². The van der Waals surface area contributed by atoms with Crippen molar-refractivity contribution in [3.63, 3.8) is 0 Å². The number of hydrogen-bond acceptors (Lipinski definition) is 2. The summed E-state index contributed by atoms with van der Waals surface area (Å²) in [5, 5.41) is 6.16. The lowest BCUT2D eigenvalue weighted by molar-refractivity contribution is 0.234. The third-order valence-electron chi connectivity index (χ3n) is 5.22. The van der Waals surface area contributed by atoms with Crippen LogP contribution in [0, 0.1) is 11.7 Å². The minimum atomic E-state index is -0.202. The molecule has 0 radical (unpaired) electrons. The van der Waals surface area contributed by atoms with Crippen LogP contribution < -0.4 is 15.5 Å². The first-order chi connectivity index (χ1) is 11.7. The molecule has 132 valence electrons. The van der Waals surface area contributed by atoms with E-state index in [2.05, 4.69) is 15.5 Å². The SMILES string of the molecule is O=C(NC[C@@H]1CCN(c2ccc(F)cc2)C1)NC1CCCCCC1. The number of carbonyl (C=O) groups excluding carboxylic acids is 1. The molecule has 2 N–H and O–H groups in total. The molecule has 1 saturated heterocycles. The molecular weight excluding hydrogens is 305 g/mol. The maximum absolute atomic E-state index is 13.0. The molecule has 2 amide bonds. The van der Waals surface area contributed by atoms with Crippen molar-refractivity contribution in [1.29, 1.82) is 0 Å². The van der Waals surface area contributed by atoms with E-state index in [1.54, 1.807) is 0 Å². The Kier molecular flexibility index (Phi) is 5.94. The predicted molar refractivity (Wildman–Crippen MR) is 94.7 cm³/mol. The van der Waals surface area contributed by atoms with E-state index in [9.17, 15) is 9.18 Å². The summed E-state index contributed by atoms with van der Waals surface area (Å²) >= 11 is 0. The van der Waals surface area contributed by atoms with Gasteiger partial charge in [0.1, 0.15) is 5.82 Å². The number of anilines is 1. The third-order valence-corrected chi connectivity index (χ3v) is 5.22. The molecule has 1 aromatic rings. The highest BCUT2D eigenvalue weighted by Crippen LogP contribution is 2.23. The van der Waals surface area contributed by atoms with Crippen molar-refractivity contribution < 1.29 is 9.18 Å². The summed E-state index contributed by atoms with van der Waals surface area (Å²) in [5.74, 6) is 0.251. The van der Waals surface area contributed by atoms with Crippen molar-refractivity contribution in [3.05, 3.63) is 30.1 Å². The largest absolute Gasteiger partial charge is 0.371 e. The van der Waals surface area contributed by atoms with Crippen LogP contribution in [0.5, 0.6) is 0 Å². The molecule has 5 heteroatoms. The number of amides is 2. The molecule has 2 fully saturated rings. The van der Waals surface area contributed by atoms with Crippen LogP contribution in [0.25, 0.3) is 0 Å². The lowest BCUT2D eigenvalue weighted by Gasteiger charge is -2.20. The average Bonchev–Trinajstić information content (AvgIpc) is 2.91. The topological polar surface area (TPSA) is 44.4 Å². The number of hydrogen-bond donors (Lipinski definition) is 2. The third kappa shape index (κ3) is 4.86. The molecule has 2 aliphatic rings. The number of benzene rings is 1. The van der Waals surface area contributed by atoms with Gasteiger partial charge in [0.25, 0.3) is 0 Å². The van der Waals surface area contributed by atoms with Crippen LogP contribution in [0.4, 0.5) is 14.9 Å². The number of urea groups is 1. The van der Waals surface area contributed by atoms with Gasteiger partial charge in [0.05, 0.1) is 0 Å². The molecule has 1 saturated carbocycles. The van der Waals surface area contributed by atoms with Crippen LogP contribution >= 0.6 is 0 Å². The molecular formula is C19H28FN3O. The second-order valence-corrected chi connectivity index (χ2v) is 7.12. The van der Waals surface area contributed by atoms with E-state index in [0.29, 0.717) is 18.5 Å². The van der Waals surface area contributed by atoms with E-state index in [4.69, 9.17) is 0 Å². The van der Waals surface area contributed by atoms with Gasteiger partial charge in [-0.3, -0.25) is 0 Å². The van der Waals surface area contributed by atoms with E-state index < -0.39 is 0 Å². The first-order valence-electron chi connectivity index (χ1n) is 9.25. The summed E-state index contributed by atoms with van der Waals surface area (Å²) in [4.78, 5) is 14.4. The number of halogens is 1. The lowest BCUT2D eigenvalue weighted by atomic mass is 10.1. The van der Waals surface area contributed by atoms with Gasteiger partial charge < -0.3 is 15.5 Å². The zero-order chi connectivity index (χ0) is 16.8. The molecule has 1 aliphatic heterocycles. The van der Waals surface area contributed by atoms with E-state index in [1.807, 2.05) is 12.1 Å². The fraction of sp³-hybridized carbons (Fsp3) is 0.632. The van der Waals surface area contributed by atoms with Gasteiger partial charge in [-0.05, 0) is 49.4 Å². The first-order valence-corrected chi connectivity index (χ1v) is 9.25. The normalized spacial score (nSPS) is 22.2. The Hall–Kier alpha value is -1.78. The van der Waals surface area contributed by atoms with Gasteiger partial charge in [-0.1, -0.05) is 25.7 Å². The van der Waals surface area contributed by atoms with Gasteiger partial charge in [-0.15, -0.1) is 0 Å². The molecule has 1 heterocycles. The molecule has 0 bridgehead atoms. The van der Waals surface area contributed by atoms with Gasteiger partial charge >= 0.3 is 6.03 Å². The Bertz CT molecular complexity index is 526. The Morgan fingerprint density at radius 2 is 1.79 bits per heavy atom. The molecule has 3 rings (SSSR count). The van der Waals surface area contributed by atoms with Gasteiger partial charge in [0.2, 0.25) is 0 Å². The fourth-order valence-electron chi connectivity index (χ4n) is 3.78. The average molecular weight is 333 g/mol. The summed E-state index contributed by atoms with van der Waals surface area (Å²) in [6, 6.07) is 6.96. The smallest absolute Gasteiger partial charge is 0.315 e. The van der Waals surface area contributed by atoms with Gasteiger partial charge in [0, 0.05) is 31.4 Å². The Balaban J connectivity index is 1.39. The summed E-state index contributed by atoms with van der Waals surface area (Å²) in [7, 11) is 0. The van der Waals surface area contributed by atoms with Crippen LogP contribution in [0.15, 0.2) is 24.3 Å². The highest BCUT2D eigenvalue weighted by atomic mass is 19.1. The number of nitrogens with one attached hydrogen (secondary N) is 2. The molecule has 0 aromatic heterocycles. The summed E-state index contributed by atoms with van der Waals surface area (Å²) in [6.45, 7) is 2.58. The van der Waals surface area contributed by atoms with Crippen molar-refractivity contribution >= 4 is 11.7 Å². The second kappa shape index (κ2) is 8.36. The van der Waals surface area contributed by atoms with Gasteiger partial charge in [0.15, 0.2) is 0 Å². The van der Waals surface area contributed by atoms with Crippen molar-refractivity contribution in [2.75, 3.05) is 24.5 Å².